The molecule has 0 unspecified atom stereocenters. The molecule has 174 valence electrons. The molecule has 10 nitrogen and oxygen atoms in total. The quantitative estimate of drug-likeness (QED) is 0.302. The van der Waals surface area contributed by atoms with E-state index < -0.39 is 22.7 Å². The first-order valence-corrected chi connectivity index (χ1v) is 10.1. The lowest BCUT2D eigenvalue weighted by Gasteiger charge is -2.29. The molecule has 2 rings (SSSR count). The molecule has 0 bridgehead atoms. The summed E-state index contributed by atoms with van der Waals surface area (Å²) in [5, 5.41) is 21.5. The number of carbonyl (C=O) groups excluding carboxylic acids is 1. The number of nitrogens with two attached hydrogens (primary N) is 2. The summed E-state index contributed by atoms with van der Waals surface area (Å²) in [6.07, 6.45) is -1.11. The van der Waals surface area contributed by atoms with Gasteiger partial charge in [0.15, 0.2) is 5.69 Å². The van der Waals surface area contributed by atoms with Gasteiger partial charge in [0.25, 0.3) is 5.69 Å². The van der Waals surface area contributed by atoms with E-state index in [0.29, 0.717) is 18.7 Å². The normalized spacial score (nSPS) is 12.1. The summed E-state index contributed by atoms with van der Waals surface area (Å²) in [7, 11) is 0. The van der Waals surface area contributed by atoms with Crippen molar-refractivity contribution in [3.05, 3.63) is 58.1 Å². The van der Waals surface area contributed by atoms with Crippen LogP contribution in [0.2, 0.25) is 0 Å². The topological polar surface area (TPSA) is 154 Å². The Hall–Kier alpha value is -3.53. The van der Waals surface area contributed by atoms with Crippen LogP contribution in [0.5, 0.6) is 5.75 Å². The van der Waals surface area contributed by atoms with Gasteiger partial charge in [-0.1, -0.05) is 18.2 Å². The molecule has 0 saturated heterocycles. The van der Waals surface area contributed by atoms with E-state index in [4.69, 9.17) is 20.9 Å². The summed E-state index contributed by atoms with van der Waals surface area (Å²) in [5.74, 6) is 0.0870. The minimum Gasteiger partial charge on any atom is -0.488 e. The van der Waals surface area contributed by atoms with Crippen molar-refractivity contribution in [3.63, 3.8) is 0 Å². The zero-order valence-corrected chi connectivity index (χ0v) is 18.5. The van der Waals surface area contributed by atoms with Crippen LogP contribution in [0.15, 0.2) is 42.5 Å². The number of ether oxygens (including phenoxy) is 2. The molecule has 0 aliphatic heterocycles. The average Bonchev–Trinajstić information content (AvgIpc) is 2.70. The first-order chi connectivity index (χ1) is 15.0. The lowest BCUT2D eigenvalue weighted by molar-refractivity contribution is -0.384. The van der Waals surface area contributed by atoms with E-state index in [0.717, 1.165) is 5.56 Å². The summed E-state index contributed by atoms with van der Waals surface area (Å²) in [4.78, 5) is 24.4. The summed E-state index contributed by atoms with van der Waals surface area (Å²) in [5.41, 5.74) is 12.0. The number of anilines is 2. The second-order valence-corrected chi connectivity index (χ2v) is 8.33. The van der Waals surface area contributed by atoms with Gasteiger partial charge in [-0.3, -0.25) is 10.1 Å². The molecule has 2 aromatic carbocycles. The van der Waals surface area contributed by atoms with Crippen LogP contribution in [0.1, 0.15) is 26.3 Å². The minimum absolute atomic E-state index is 0.0568. The van der Waals surface area contributed by atoms with Gasteiger partial charge in [-0.25, -0.2) is 4.79 Å². The van der Waals surface area contributed by atoms with Gasteiger partial charge in [-0.05, 0) is 51.0 Å². The van der Waals surface area contributed by atoms with Crippen LogP contribution >= 0.6 is 0 Å². The van der Waals surface area contributed by atoms with Crippen LogP contribution in [0.3, 0.4) is 0 Å². The monoisotopic (exact) mass is 446 g/mol. The molecule has 0 aliphatic rings. The molecule has 0 aromatic heterocycles. The fraction of sp³-hybridized carbons (Fsp3) is 0.409. The standard InChI is InChI=1S/C22H30N4O6/c1-22(2,3)32-21(28)25(12-11-15-7-9-16(23)10-8-15)13-17(27)14-31-19-6-4-5-18(20(19)24)26(29)30/h4-10,17,27H,11-14,23-24H2,1-3H3/t17-/m1/s1. The van der Waals surface area contributed by atoms with Crippen molar-refractivity contribution in [2.24, 2.45) is 0 Å². The number of aliphatic hydroxyl groups excluding tert-OH is 1. The number of aliphatic hydroxyl groups is 1. The summed E-state index contributed by atoms with van der Waals surface area (Å²) in [6.45, 7) is 5.30. The van der Waals surface area contributed by atoms with E-state index in [1.54, 1.807) is 32.9 Å². The number of nitro benzene ring substituents is 1. The van der Waals surface area contributed by atoms with Crippen molar-refractivity contribution >= 4 is 23.2 Å². The largest absolute Gasteiger partial charge is 0.488 e. The third kappa shape index (κ3) is 7.62. The molecule has 0 radical (unpaired) electrons. The fourth-order valence-electron chi connectivity index (χ4n) is 2.84. The van der Waals surface area contributed by atoms with Crippen molar-refractivity contribution in [1.82, 2.24) is 4.90 Å². The van der Waals surface area contributed by atoms with Gasteiger partial charge in [-0.15, -0.1) is 0 Å². The van der Waals surface area contributed by atoms with E-state index >= 15 is 0 Å². The van der Waals surface area contributed by atoms with Crippen LogP contribution in [-0.2, 0) is 11.2 Å². The predicted molar refractivity (Wildman–Crippen MR) is 121 cm³/mol. The van der Waals surface area contributed by atoms with Crippen LogP contribution in [0, 0.1) is 10.1 Å². The maximum Gasteiger partial charge on any atom is 0.410 e. The zero-order valence-electron chi connectivity index (χ0n) is 18.5. The van der Waals surface area contributed by atoms with Crippen molar-refractivity contribution in [2.75, 3.05) is 31.2 Å². The Bertz CT molecular complexity index is 927. The number of rotatable bonds is 9. The number of nitro groups is 1. The SMILES string of the molecule is CC(C)(C)OC(=O)N(CCc1ccc(N)cc1)C[C@@H](O)COc1cccc([N+](=O)[O-])c1N. The summed E-state index contributed by atoms with van der Waals surface area (Å²) in [6, 6.07) is 11.5. The van der Waals surface area contributed by atoms with E-state index in [-0.39, 0.29) is 30.3 Å². The van der Waals surface area contributed by atoms with Gasteiger partial charge in [0.1, 0.15) is 24.1 Å². The van der Waals surface area contributed by atoms with E-state index in [9.17, 15) is 20.0 Å². The maximum absolute atomic E-state index is 12.7. The highest BCUT2D eigenvalue weighted by Gasteiger charge is 2.25. The van der Waals surface area contributed by atoms with E-state index in [1.165, 1.54) is 23.1 Å². The molecule has 2 aromatic rings. The number of para-hydroxylation sites is 1. The highest BCUT2D eigenvalue weighted by Crippen LogP contribution is 2.30. The molecule has 0 aliphatic carbocycles. The second-order valence-electron chi connectivity index (χ2n) is 8.33. The molecule has 10 heteroatoms. The third-order valence-corrected chi connectivity index (χ3v) is 4.40. The van der Waals surface area contributed by atoms with Gasteiger partial charge < -0.3 is 30.9 Å². The van der Waals surface area contributed by atoms with Crippen LogP contribution in [0.4, 0.5) is 21.9 Å². The molecule has 0 saturated carbocycles. The number of hydrogen-bond donors (Lipinski definition) is 3. The summed E-state index contributed by atoms with van der Waals surface area (Å²) < 4.78 is 10.9. The first-order valence-electron chi connectivity index (χ1n) is 10.1. The highest BCUT2D eigenvalue weighted by atomic mass is 16.6. The molecule has 0 spiro atoms. The van der Waals surface area contributed by atoms with Gasteiger partial charge >= 0.3 is 6.09 Å². The molecule has 0 fully saturated rings. The van der Waals surface area contributed by atoms with E-state index in [1.807, 2.05) is 12.1 Å². The predicted octanol–water partition coefficient (Wildman–Crippen LogP) is 2.98. The molecule has 1 atom stereocenters. The Balaban J connectivity index is 2.03. The molecular weight excluding hydrogens is 416 g/mol. The van der Waals surface area contributed by atoms with Crippen LogP contribution < -0.4 is 16.2 Å². The summed E-state index contributed by atoms with van der Waals surface area (Å²) >= 11 is 0. The number of nitrogen functional groups attached to an aromatic ring is 2. The number of hydrogen-bond acceptors (Lipinski definition) is 8. The molecule has 1 amide bonds. The van der Waals surface area contributed by atoms with Crippen molar-refractivity contribution < 1.29 is 24.3 Å². The Morgan fingerprint density at radius 1 is 1.19 bits per heavy atom. The van der Waals surface area contributed by atoms with Crippen LogP contribution in [0.25, 0.3) is 0 Å². The van der Waals surface area contributed by atoms with Gasteiger partial charge in [0.05, 0.1) is 11.5 Å². The average molecular weight is 447 g/mol. The van der Waals surface area contributed by atoms with Crippen molar-refractivity contribution in [2.45, 2.75) is 38.9 Å². The lowest BCUT2D eigenvalue weighted by Crippen LogP contribution is -2.43. The number of benzene rings is 2. The molecular formula is C22H30N4O6. The Morgan fingerprint density at radius 2 is 1.84 bits per heavy atom. The number of amides is 1. The third-order valence-electron chi connectivity index (χ3n) is 4.40. The first kappa shape index (κ1) is 24.7. The van der Waals surface area contributed by atoms with Crippen LogP contribution in [-0.4, -0.2) is 52.4 Å². The van der Waals surface area contributed by atoms with Gasteiger partial charge in [-0.2, -0.15) is 0 Å². The van der Waals surface area contributed by atoms with Crippen molar-refractivity contribution in [3.8, 4) is 5.75 Å². The van der Waals surface area contributed by atoms with Gasteiger partial charge in [0.2, 0.25) is 0 Å². The zero-order chi connectivity index (χ0) is 23.9. The molecule has 5 N–H and O–H groups in total. The Kier molecular flexibility index (Phi) is 8.25. The number of carbonyl (C=O) groups is 1. The maximum atomic E-state index is 12.7. The lowest BCUT2D eigenvalue weighted by atomic mass is 10.1. The number of nitrogens with zero attached hydrogens (tertiary/aromatic N) is 2. The molecule has 32 heavy (non-hydrogen) atoms. The van der Waals surface area contributed by atoms with E-state index in [2.05, 4.69) is 0 Å². The Morgan fingerprint density at radius 3 is 2.44 bits per heavy atom. The molecule has 0 heterocycles. The van der Waals surface area contributed by atoms with Crippen molar-refractivity contribution in [1.29, 1.82) is 0 Å². The highest BCUT2D eigenvalue weighted by molar-refractivity contribution is 5.68. The minimum atomic E-state index is -1.08. The second kappa shape index (κ2) is 10.7. The fourth-order valence-corrected chi connectivity index (χ4v) is 2.84. The smallest absolute Gasteiger partial charge is 0.410 e. The van der Waals surface area contributed by atoms with Gasteiger partial charge in [0, 0.05) is 18.3 Å². The Labute approximate surface area is 186 Å².